The SMILES string of the molecule is Cc1ccc2c(n1)N(C)[C@@H](c1ccc(NC(=O)C[C@@H]3CCCCO3)cc1)NC2=O. The second kappa shape index (κ2) is 8.21. The van der Waals surface area contributed by atoms with Gasteiger partial charge < -0.3 is 20.3 Å². The molecule has 2 atom stereocenters. The molecule has 1 fully saturated rings. The molecular formula is C22H26N4O3. The van der Waals surface area contributed by atoms with Gasteiger partial charge in [0.15, 0.2) is 0 Å². The maximum absolute atomic E-state index is 12.5. The minimum Gasteiger partial charge on any atom is -0.378 e. The Morgan fingerprint density at radius 1 is 1.24 bits per heavy atom. The molecule has 0 radical (unpaired) electrons. The second-order valence-electron chi connectivity index (χ2n) is 7.67. The Balaban J connectivity index is 1.43. The van der Waals surface area contributed by atoms with Crippen molar-refractivity contribution >= 4 is 23.3 Å². The summed E-state index contributed by atoms with van der Waals surface area (Å²) in [5.41, 5.74) is 3.09. The van der Waals surface area contributed by atoms with Crippen molar-refractivity contribution in [3.05, 3.63) is 53.2 Å². The molecule has 2 aliphatic rings. The van der Waals surface area contributed by atoms with Gasteiger partial charge in [-0.3, -0.25) is 9.59 Å². The average molecular weight is 394 g/mol. The van der Waals surface area contributed by atoms with Crippen molar-refractivity contribution in [1.29, 1.82) is 0 Å². The van der Waals surface area contributed by atoms with E-state index in [1.807, 2.05) is 49.2 Å². The molecule has 29 heavy (non-hydrogen) atoms. The monoisotopic (exact) mass is 394 g/mol. The summed E-state index contributed by atoms with van der Waals surface area (Å²) in [6.07, 6.45) is 3.21. The summed E-state index contributed by atoms with van der Waals surface area (Å²) in [6.45, 7) is 2.65. The van der Waals surface area contributed by atoms with Crippen molar-refractivity contribution in [1.82, 2.24) is 10.3 Å². The number of carbonyl (C=O) groups is 2. The summed E-state index contributed by atoms with van der Waals surface area (Å²) < 4.78 is 5.63. The number of benzene rings is 1. The molecule has 0 bridgehead atoms. The van der Waals surface area contributed by atoms with Crippen LogP contribution in [0.5, 0.6) is 0 Å². The highest BCUT2D eigenvalue weighted by atomic mass is 16.5. The number of aryl methyl sites for hydroxylation is 1. The molecule has 2 aliphatic heterocycles. The first-order valence-corrected chi connectivity index (χ1v) is 10.0. The molecule has 1 aromatic heterocycles. The first-order valence-electron chi connectivity index (χ1n) is 10.0. The maximum atomic E-state index is 12.5. The Morgan fingerprint density at radius 3 is 2.76 bits per heavy atom. The van der Waals surface area contributed by atoms with Crippen LogP contribution in [0.25, 0.3) is 0 Å². The van der Waals surface area contributed by atoms with Crippen molar-refractivity contribution in [2.24, 2.45) is 0 Å². The van der Waals surface area contributed by atoms with Gasteiger partial charge in [-0.05, 0) is 56.0 Å². The predicted molar refractivity (Wildman–Crippen MR) is 111 cm³/mol. The topological polar surface area (TPSA) is 83.6 Å². The number of pyridine rings is 1. The van der Waals surface area contributed by atoms with Gasteiger partial charge in [-0.1, -0.05) is 12.1 Å². The van der Waals surface area contributed by atoms with E-state index in [4.69, 9.17) is 4.74 Å². The van der Waals surface area contributed by atoms with Gasteiger partial charge >= 0.3 is 0 Å². The molecule has 2 amide bonds. The second-order valence-corrected chi connectivity index (χ2v) is 7.67. The number of nitrogens with zero attached hydrogens (tertiary/aromatic N) is 2. The van der Waals surface area contributed by atoms with E-state index in [-0.39, 0.29) is 24.1 Å². The minimum absolute atomic E-state index is 0.0187. The fraction of sp³-hybridized carbons (Fsp3) is 0.409. The van der Waals surface area contributed by atoms with Crippen molar-refractivity contribution in [2.75, 3.05) is 23.9 Å². The van der Waals surface area contributed by atoms with Crippen LogP contribution in [0.4, 0.5) is 11.5 Å². The standard InChI is InChI=1S/C22H26N4O3/c1-14-6-11-18-21(23-14)26(2)20(25-22(18)28)15-7-9-16(10-8-15)24-19(27)13-17-5-3-4-12-29-17/h6-11,17,20H,3-5,12-13H2,1-2H3,(H,24,27)(H,25,28)/t17-,20-/m0/s1. The van der Waals surface area contributed by atoms with E-state index in [0.29, 0.717) is 17.8 Å². The number of anilines is 2. The fourth-order valence-electron chi connectivity index (χ4n) is 3.85. The van der Waals surface area contributed by atoms with Gasteiger partial charge in [0.05, 0.1) is 18.1 Å². The highest BCUT2D eigenvalue weighted by molar-refractivity contribution is 6.01. The normalized spacial score (nSPS) is 21.3. The molecule has 2 N–H and O–H groups in total. The van der Waals surface area contributed by atoms with E-state index in [0.717, 1.165) is 42.8 Å². The number of amides is 2. The first-order chi connectivity index (χ1) is 14.0. The summed E-state index contributed by atoms with van der Waals surface area (Å²) in [5, 5.41) is 5.95. The van der Waals surface area contributed by atoms with Crippen LogP contribution in [0.15, 0.2) is 36.4 Å². The molecule has 0 aliphatic carbocycles. The van der Waals surface area contributed by atoms with Crippen LogP contribution in [0.2, 0.25) is 0 Å². The third kappa shape index (κ3) is 4.24. The van der Waals surface area contributed by atoms with Crippen LogP contribution in [0.1, 0.15) is 53.5 Å². The van der Waals surface area contributed by atoms with Gasteiger partial charge in [0.25, 0.3) is 5.91 Å². The highest BCUT2D eigenvalue weighted by Crippen LogP contribution is 2.30. The van der Waals surface area contributed by atoms with Gasteiger partial charge in [0.2, 0.25) is 5.91 Å². The zero-order chi connectivity index (χ0) is 20.4. The molecule has 1 saturated heterocycles. The molecule has 2 aromatic rings. The number of nitrogens with one attached hydrogen (secondary N) is 2. The Labute approximate surface area is 170 Å². The number of hydrogen-bond donors (Lipinski definition) is 2. The summed E-state index contributed by atoms with van der Waals surface area (Å²) in [5.74, 6) is 0.491. The lowest BCUT2D eigenvalue weighted by Gasteiger charge is -2.35. The van der Waals surface area contributed by atoms with E-state index in [9.17, 15) is 9.59 Å². The van der Waals surface area contributed by atoms with Gasteiger partial charge in [0.1, 0.15) is 12.0 Å². The quantitative estimate of drug-likeness (QED) is 0.832. The lowest BCUT2D eigenvalue weighted by molar-refractivity contribution is -0.119. The van der Waals surface area contributed by atoms with Crippen LogP contribution in [0, 0.1) is 6.92 Å². The van der Waals surface area contributed by atoms with Crippen LogP contribution in [0.3, 0.4) is 0 Å². The largest absolute Gasteiger partial charge is 0.378 e. The average Bonchev–Trinajstić information content (AvgIpc) is 2.72. The number of carbonyl (C=O) groups excluding carboxylic acids is 2. The van der Waals surface area contributed by atoms with Crippen molar-refractivity contribution in [2.45, 2.75) is 44.9 Å². The lowest BCUT2D eigenvalue weighted by Crippen LogP contribution is -2.45. The van der Waals surface area contributed by atoms with Crippen molar-refractivity contribution < 1.29 is 14.3 Å². The fourth-order valence-corrected chi connectivity index (χ4v) is 3.85. The molecule has 152 valence electrons. The maximum Gasteiger partial charge on any atom is 0.256 e. The Kier molecular flexibility index (Phi) is 5.49. The zero-order valence-electron chi connectivity index (χ0n) is 16.8. The molecule has 1 aromatic carbocycles. The molecule has 7 nitrogen and oxygen atoms in total. The van der Waals surface area contributed by atoms with E-state index >= 15 is 0 Å². The number of rotatable bonds is 4. The number of ether oxygens (including phenoxy) is 1. The smallest absolute Gasteiger partial charge is 0.256 e. The van der Waals surface area contributed by atoms with E-state index in [1.54, 1.807) is 6.07 Å². The Morgan fingerprint density at radius 2 is 2.03 bits per heavy atom. The molecule has 4 rings (SSSR count). The molecule has 3 heterocycles. The molecule has 0 unspecified atom stereocenters. The van der Waals surface area contributed by atoms with Gasteiger partial charge in [-0.25, -0.2) is 4.98 Å². The summed E-state index contributed by atoms with van der Waals surface area (Å²) in [7, 11) is 1.91. The number of fused-ring (bicyclic) bond motifs is 1. The molecular weight excluding hydrogens is 368 g/mol. The van der Waals surface area contributed by atoms with E-state index in [2.05, 4.69) is 15.6 Å². The van der Waals surface area contributed by atoms with Crippen LogP contribution < -0.4 is 15.5 Å². The summed E-state index contributed by atoms with van der Waals surface area (Å²) in [4.78, 5) is 31.2. The summed E-state index contributed by atoms with van der Waals surface area (Å²) >= 11 is 0. The predicted octanol–water partition coefficient (Wildman–Crippen LogP) is 3.17. The minimum atomic E-state index is -0.315. The third-order valence-corrected chi connectivity index (χ3v) is 5.45. The zero-order valence-corrected chi connectivity index (χ0v) is 16.8. The van der Waals surface area contributed by atoms with Crippen LogP contribution >= 0.6 is 0 Å². The molecule has 7 heteroatoms. The molecule has 0 saturated carbocycles. The third-order valence-electron chi connectivity index (χ3n) is 5.45. The van der Waals surface area contributed by atoms with Gasteiger partial charge in [-0.15, -0.1) is 0 Å². The number of hydrogen-bond acceptors (Lipinski definition) is 5. The van der Waals surface area contributed by atoms with Gasteiger partial charge in [-0.2, -0.15) is 0 Å². The molecule has 0 spiro atoms. The van der Waals surface area contributed by atoms with Crippen molar-refractivity contribution in [3.63, 3.8) is 0 Å². The highest BCUT2D eigenvalue weighted by Gasteiger charge is 2.30. The van der Waals surface area contributed by atoms with E-state index in [1.165, 1.54) is 0 Å². The summed E-state index contributed by atoms with van der Waals surface area (Å²) in [6, 6.07) is 11.2. The van der Waals surface area contributed by atoms with Crippen LogP contribution in [-0.4, -0.2) is 36.6 Å². The van der Waals surface area contributed by atoms with E-state index < -0.39 is 0 Å². The lowest BCUT2D eigenvalue weighted by atomic mass is 10.1. The first kappa shape index (κ1) is 19.4. The Bertz CT molecular complexity index is 907. The van der Waals surface area contributed by atoms with Gasteiger partial charge in [0, 0.05) is 25.0 Å². The number of aromatic nitrogens is 1. The van der Waals surface area contributed by atoms with Crippen LogP contribution in [-0.2, 0) is 9.53 Å². The van der Waals surface area contributed by atoms with Crippen molar-refractivity contribution in [3.8, 4) is 0 Å². The Hall–Kier alpha value is -2.93.